The molecule has 17 heavy (non-hydrogen) atoms. The molecule has 3 nitrogen and oxygen atoms in total. The fourth-order valence-corrected chi connectivity index (χ4v) is 1.96. The summed E-state index contributed by atoms with van der Waals surface area (Å²) in [5.74, 6) is -0.834. The van der Waals surface area contributed by atoms with Crippen molar-refractivity contribution in [1.29, 1.82) is 0 Å². The summed E-state index contributed by atoms with van der Waals surface area (Å²) in [5.41, 5.74) is 1.71. The van der Waals surface area contributed by atoms with E-state index in [-0.39, 0.29) is 11.3 Å². The molecule has 0 saturated heterocycles. The largest absolute Gasteiger partial charge is 0.508 e. The Hall–Kier alpha value is -1.94. The van der Waals surface area contributed by atoms with E-state index in [1.165, 1.54) is 6.07 Å². The standard InChI is InChI=1S/C13H10O3S/c14-9-6-4-8(5-7-9)10-2-1-3-11(12(10)17)13(15)16/h1-7,14,17H,(H,15,16). The second-order valence-corrected chi connectivity index (χ2v) is 4.00. The number of hydrogen-bond acceptors (Lipinski definition) is 3. The normalized spacial score (nSPS) is 10.2. The number of aromatic hydroxyl groups is 1. The number of aromatic carboxylic acids is 1. The summed E-state index contributed by atoms with van der Waals surface area (Å²) in [6.07, 6.45) is 0. The molecule has 0 aliphatic carbocycles. The van der Waals surface area contributed by atoms with Crippen molar-refractivity contribution in [2.45, 2.75) is 4.90 Å². The second kappa shape index (κ2) is 4.51. The predicted octanol–water partition coefficient (Wildman–Crippen LogP) is 3.05. The number of rotatable bonds is 2. The van der Waals surface area contributed by atoms with Gasteiger partial charge in [-0.3, -0.25) is 0 Å². The molecule has 0 saturated carbocycles. The van der Waals surface area contributed by atoms with Gasteiger partial charge in [-0.25, -0.2) is 4.79 Å². The molecule has 4 heteroatoms. The fraction of sp³-hybridized carbons (Fsp3) is 0. The molecule has 0 amide bonds. The van der Waals surface area contributed by atoms with Crippen LogP contribution in [0.1, 0.15) is 10.4 Å². The number of carboxylic acid groups (broad SMARTS) is 1. The van der Waals surface area contributed by atoms with Crippen LogP contribution in [-0.2, 0) is 0 Å². The number of carboxylic acids is 1. The minimum atomic E-state index is -1.00. The lowest BCUT2D eigenvalue weighted by Crippen LogP contribution is -1.98. The van der Waals surface area contributed by atoms with E-state index >= 15 is 0 Å². The van der Waals surface area contributed by atoms with Crippen molar-refractivity contribution in [2.24, 2.45) is 0 Å². The molecule has 0 aliphatic rings. The third kappa shape index (κ3) is 2.26. The Morgan fingerprint density at radius 2 is 1.71 bits per heavy atom. The Balaban J connectivity index is 2.56. The van der Waals surface area contributed by atoms with E-state index in [9.17, 15) is 9.90 Å². The number of benzene rings is 2. The molecule has 0 heterocycles. The first-order valence-electron chi connectivity index (χ1n) is 4.94. The lowest BCUT2D eigenvalue weighted by molar-refractivity contribution is 0.0693. The van der Waals surface area contributed by atoms with Crippen LogP contribution in [0.2, 0.25) is 0 Å². The van der Waals surface area contributed by atoms with Gasteiger partial charge in [-0.05, 0) is 29.3 Å². The van der Waals surface area contributed by atoms with Crippen molar-refractivity contribution >= 4 is 18.6 Å². The molecule has 0 unspecified atom stereocenters. The molecule has 0 spiro atoms. The highest BCUT2D eigenvalue weighted by Gasteiger charge is 2.11. The van der Waals surface area contributed by atoms with Crippen LogP contribution in [-0.4, -0.2) is 16.2 Å². The smallest absolute Gasteiger partial charge is 0.336 e. The summed E-state index contributed by atoms with van der Waals surface area (Å²) >= 11 is 4.24. The first-order valence-corrected chi connectivity index (χ1v) is 5.39. The quantitative estimate of drug-likeness (QED) is 0.714. The zero-order chi connectivity index (χ0) is 12.4. The van der Waals surface area contributed by atoms with Crippen molar-refractivity contribution < 1.29 is 15.0 Å². The van der Waals surface area contributed by atoms with E-state index in [1.54, 1.807) is 36.4 Å². The SMILES string of the molecule is O=C(O)c1cccc(-c2ccc(O)cc2)c1S. The minimum Gasteiger partial charge on any atom is -0.508 e. The van der Waals surface area contributed by atoms with Gasteiger partial charge >= 0.3 is 5.97 Å². The Labute approximate surface area is 104 Å². The summed E-state index contributed by atoms with van der Waals surface area (Å²) < 4.78 is 0. The fourth-order valence-electron chi connectivity index (χ4n) is 1.59. The van der Waals surface area contributed by atoms with Gasteiger partial charge in [0.05, 0.1) is 5.56 Å². The zero-order valence-electron chi connectivity index (χ0n) is 8.79. The van der Waals surface area contributed by atoms with Gasteiger partial charge in [0.1, 0.15) is 5.75 Å². The van der Waals surface area contributed by atoms with Crippen LogP contribution in [0, 0.1) is 0 Å². The Kier molecular flexibility index (Phi) is 3.06. The molecule has 0 atom stereocenters. The highest BCUT2D eigenvalue weighted by Crippen LogP contribution is 2.30. The predicted molar refractivity (Wildman–Crippen MR) is 67.8 cm³/mol. The first kappa shape index (κ1) is 11.5. The summed E-state index contributed by atoms with van der Waals surface area (Å²) in [6.45, 7) is 0. The van der Waals surface area contributed by atoms with Gasteiger partial charge in [0.2, 0.25) is 0 Å². The summed E-state index contributed by atoms with van der Waals surface area (Å²) in [4.78, 5) is 11.4. The summed E-state index contributed by atoms with van der Waals surface area (Å²) in [7, 11) is 0. The lowest BCUT2D eigenvalue weighted by atomic mass is 10.0. The van der Waals surface area contributed by atoms with Crippen molar-refractivity contribution in [3.8, 4) is 16.9 Å². The van der Waals surface area contributed by atoms with E-state index in [0.717, 1.165) is 11.1 Å². The highest BCUT2D eigenvalue weighted by molar-refractivity contribution is 7.80. The number of carbonyl (C=O) groups is 1. The molecule has 0 fully saturated rings. The van der Waals surface area contributed by atoms with Crippen LogP contribution >= 0.6 is 12.6 Å². The molecule has 2 rings (SSSR count). The van der Waals surface area contributed by atoms with Gasteiger partial charge in [-0.15, -0.1) is 12.6 Å². The summed E-state index contributed by atoms with van der Waals surface area (Å²) in [6, 6.07) is 11.5. The number of phenolic OH excluding ortho intramolecular Hbond substituents is 1. The molecule has 86 valence electrons. The van der Waals surface area contributed by atoms with Gasteiger partial charge < -0.3 is 10.2 Å². The molecule has 2 aromatic rings. The first-order chi connectivity index (χ1) is 8.09. The maximum atomic E-state index is 11.0. The average Bonchev–Trinajstić information content (AvgIpc) is 2.30. The van der Waals surface area contributed by atoms with E-state index in [4.69, 9.17) is 5.11 Å². The van der Waals surface area contributed by atoms with Gasteiger partial charge in [-0.2, -0.15) is 0 Å². The third-order valence-electron chi connectivity index (χ3n) is 2.44. The minimum absolute atomic E-state index is 0.166. The molecule has 0 aromatic heterocycles. The van der Waals surface area contributed by atoms with Crippen LogP contribution in [0.5, 0.6) is 5.75 Å². The van der Waals surface area contributed by atoms with Gasteiger partial charge in [0, 0.05) is 4.90 Å². The maximum absolute atomic E-state index is 11.0. The van der Waals surface area contributed by atoms with Crippen LogP contribution in [0.3, 0.4) is 0 Å². The van der Waals surface area contributed by atoms with Gasteiger partial charge in [0.25, 0.3) is 0 Å². The second-order valence-electron chi connectivity index (χ2n) is 3.55. The van der Waals surface area contributed by atoms with Crippen LogP contribution < -0.4 is 0 Å². The van der Waals surface area contributed by atoms with Crippen molar-refractivity contribution in [3.05, 3.63) is 48.0 Å². The van der Waals surface area contributed by atoms with Crippen LogP contribution in [0.15, 0.2) is 47.4 Å². The maximum Gasteiger partial charge on any atom is 0.336 e. The van der Waals surface area contributed by atoms with E-state index < -0.39 is 5.97 Å². The van der Waals surface area contributed by atoms with E-state index in [1.807, 2.05) is 0 Å². The van der Waals surface area contributed by atoms with Crippen LogP contribution in [0.25, 0.3) is 11.1 Å². The van der Waals surface area contributed by atoms with Gasteiger partial charge in [-0.1, -0.05) is 24.3 Å². The molecule has 2 N–H and O–H groups in total. The molecular weight excluding hydrogens is 236 g/mol. The Bertz CT molecular complexity index is 561. The molecular formula is C13H10O3S. The van der Waals surface area contributed by atoms with E-state index in [0.29, 0.717) is 4.90 Å². The Morgan fingerprint density at radius 1 is 1.06 bits per heavy atom. The van der Waals surface area contributed by atoms with Crippen molar-refractivity contribution in [2.75, 3.05) is 0 Å². The van der Waals surface area contributed by atoms with Crippen molar-refractivity contribution in [3.63, 3.8) is 0 Å². The van der Waals surface area contributed by atoms with Crippen molar-refractivity contribution in [1.82, 2.24) is 0 Å². The number of thiol groups is 1. The van der Waals surface area contributed by atoms with Gasteiger partial charge in [0.15, 0.2) is 0 Å². The summed E-state index contributed by atoms with van der Waals surface area (Å²) in [5, 5.41) is 18.2. The number of hydrogen-bond donors (Lipinski definition) is 3. The molecule has 0 aliphatic heterocycles. The average molecular weight is 246 g/mol. The highest BCUT2D eigenvalue weighted by atomic mass is 32.1. The number of phenols is 1. The Morgan fingerprint density at radius 3 is 2.29 bits per heavy atom. The molecule has 0 radical (unpaired) electrons. The molecule has 0 bridgehead atoms. The van der Waals surface area contributed by atoms with Crippen LogP contribution in [0.4, 0.5) is 0 Å². The monoisotopic (exact) mass is 246 g/mol. The lowest BCUT2D eigenvalue weighted by Gasteiger charge is -2.08. The van der Waals surface area contributed by atoms with E-state index in [2.05, 4.69) is 12.6 Å². The molecule has 2 aromatic carbocycles. The zero-order valence-corrected chi connectivity index (χ0v) is 9.69. The third-order valence-corrected chi connectivity index (χ3v) is 2.93. The topological polar surface area (TPSA) is 57.5 Å².